The standard InChI is InChI=1S/C14H22N4O2/c1-20-14(19)3-2-6-17-7-9-18(10-8-17)13-5-4-12(15)11-16-13/h4-5,11H,2-3,6-10,15H2,1H3. The summed E-state index contributed by atoms with van der Waals surface area (Å²) in [6.45, 7) is 4.84. The lowest BCUT2D eigenvalue weighted by Gasteiger charge is -2.35. The zero-order chi connectivity index (χ0) is 14.4. The van der Waals surface area contributed by atoms with Crippen LogP contribution in [0.25, 0.3) is 0 Å². The number of hydrogen-bond donors (Lipinski definition) is 1. The number of pyridine rings is 1. The van der Waals surface area contributed by atoms with Crippen molar-refractivity contribution in [3.8, 4) is 0 Å². The predicted molar refractivity (Wildman–Crippen MR) is 78.6 cm³/mol. The van der Waals surface area contributed by atoms with Crippen LogP contribution in [0, 0.1) is 0 Å². The molecular formula is C14H22N4O2. The second-order valence-electron chi connectivity index (χ2n) is 4.96. The van der Waals surface area contributed by atoms with Crippen LogP contribution < -0.4 is 10.6 Å². The Morgan fingerprint density at radius 2 is 2.10 bits per heavy atom. The van der Waals surface area contributed by atoms with Crippen molar-refractivity contribution in [3.05, 3.63) is 18.3 Å². The molecule has 2 N–H and O–H groups in total. The fourth-order valence-electron chi connectivity index (χ4n) is 2.33. The monoisotopic (exact) mass is 278 g/mol. The van der Waals surface area contributed by atoms with Crippen molar-refractivity contribution in [3.63, 3.8) is 0 Å². The van der Waals surface area contributed by atoms with Crippen molar-refractivity contribution in [2.75, 3.05) is 50.5 Å². The Morgan fingerprint density at radius 1 is 1.35 bits per heavy atom. The molecule has 0 bridgehead atoms. The largest absolute Gasteiger partial charge is 0.469 e. The highest BCUT2D eigenvalue weighted by Gasteiger charge is 2.17. The van der Waals surface area contributed by atoms with Gasteiger partial charge in [0, 0.05) is 32.6 Å². The fraction of sp³-hybridized carbons (Fsp3) is 0.571. The smallest absolute Gasteiger partial charge is 0.305 e. The summed E-state index contributed by atoms with van der Waals surface area (Å²) in [6, 6.07) is 3.84. The summed E-state index contributed by atoms with van der Waals surface area (Å²) >= 11 is 0. The third kappa shape index (κ3) is 4.09. The van der Waals surface area contributed by atoms with Crippen LogP contribution in [0.4, 0.5) is 11.5 Å². The quantitative estimate of drug-likeness (QED) is 0.801. The van der Waals surface area contributed by atoms with Gasteiger partial charge >= 0.3 is 5.97 Å². The van der Waals surface area contributed by atoms with E-state index in [1.54, 1.807) is 6.20 Å². The number of anilines is 2. The molecular weight excluding hydrogens is 256 g/mol. The Morgan fingerprint density at radius 3 is 2.70 bits per heavy atom. The number of aromatic nitrogens is 1. The van der Waals surface area contributed by atoms with Crippen molar-refractivity contribution < 1.29 is 9.53 Å². The van der Waals surface area contributed by atoms with Gasteiger partial charge in [-0.05, 0) is 25.1 Å². The van der Waals surface area contributed by atoms with Gasteiger partial charge in [-0.15, -0.1) is 0 Å². The highest BCUT2D eigenvalue weighted by molar-refractivity contribution is 5.69. The van der Waals surface area contributed by atoms with Crippen LogP contribution in [-0.2, 0) is 9.53 Å². The summed E-state index contributed by atoms with van der Waals surface area (Å²) in [6.07, 6.45) is 3.04. The second kappa shape index (κ2) is 7.09. The Bertz CT molecular complexity index is 427. The number of carbonyl (C=O) groups is 1. The van der Waals surface area contributed by atoms with E-state index in [0.717, 1.165) is 45.0 Å². The Kier molecular flexibility index (Phi) is 5.17. The summed E-state index contributed by atoms with van der Waals surface area (Å²) in [5, 5.41) is 0. The van der Waals surface area contributed by atoms with Crippen molar-refractivity contribution in [2.24, 2.45) is 0 Å². The maximum absolute atomic E-state index is 11.1. The SMILES string of the molecule is COC(=O)CCCN1CCN(c2ccc(N)cn2)CC1. The zero-order valence-corrected chi connectivity index (χ0v) is 11.9. The first-order chi connectivity index (χ1) is 9.69. The highest BCUT2D eigenvalue weighted by atomic mass is 16.5. The molecule has 2 rings (SSSR count). The molecule has 6 heteroatoms. The maximum atomic E-state index is 11.1. The molecule has 1 aromatic rings. The molecule has 0 spiro atoms. The summed E-state index contributed by atoms with van der Waals surface area (Å²) in [5.74, 6) is 0.850. The van der Waals surface area contributed by atoms with E-state index in [-0.39, 0.29) is 5.97 Å². The molecule has 1 aliphatic rings. The minimum Gasteiger partial charge on any atom is -0.469 e. The van der Waals surface area contributed by atoms with E-state index in [4.69, 9.17) is 5.73 Å². The molecule has 0 atom stereocenters. The maximum Gasteiger partial charge on any atom is 0.305 e. The lowest BCUT2D eigenvalue weighted by Crippen LogP contribution is -2.47. The minimum absolute atomic E-state index is 0.130. The Hall–Kier alpha value is -1.82. The highest BCUT2D eigenvalue weighted by Crippen LogP contribution is 2.14. The van der Waals surface area contributed by atoms with Crippen molar-refractivity contribution >= 4 is 17.5 Å². The topological polar surface area (TPSA) is 71.7 Å². The molecule has 110 valence electrons. The normalized spacial score (nSPS) is 16.1. The first kappa shape index (κ1) is 14.6. The van der Waals surface area contributed by atoms with Gasteiger partial charge in [-0.1, -0.05) is 0 Å². The van der Waals surface area contributed by atoms with Crippen LogP contribution in [0.15, 0.2) is 18.3 Å². The van der Waals surface area contributed by atoms with Gasteiger partial charge in [0.15, 0.2) is 0 Å². The first-order valence-electron chi connectivity index (χ1n) is 6.94. The Balaban J connectivity index is 1.72. The van der Waals surface area contributed by atoms with Gasteiger partial charge < -0.3 is 15.4 Å². The number of hydrogen-bond acceptors (Lipinski definition) is 6. The number of methoxy groups -OCH3 is 1. The van der Waals surface area contributed by atoms with E-state index >= 15 is 0 Å². The molecule has 2 heterocycles. The molecule has 0 amide bonds. The summed E-state index contributed by atoms with van der Waals surface area (Å²) in [4.78, 5) is 20.0. The molecule has 0 aromatic carbocycles. The molecule has 1 aliphatic heterocycles. The van der Waals surface area contributed by atoms with E-state index in [0.29, 0.717) is 12.1 Å². The van der Waals surface area contributed by atoms with E-state index in [2.05, 4.69) is 19.5 Å². The van der Waals surface area contributed by atoms with Gasteiger partial charge in [-0.2, -0.15) is 0 Å². The van der Waals surface area contributed by atoms with Gasteiger partial charge in [-0.3, -0.25) is 9.69 Å². The number of rotatable bonds is 5. The number of nitrogens with zero attached hydrogens (tertiary/aromatic N) is 3. The summed E-state index contributed by atoms with van der Waals surface area (Å²) < 4.78 is 4.64. The second-order valence-corrected chi connectivity index (χ2v) is 4.96. The zero-order valence-electron chi connectivity index (χ0n) is 11.9. The van der Waals surface area contributed by atoms with Crippen LogP contribution >= 0.6 is 0 Å². The van der Waals surface area contributed by atoms with Crippen molar-refractivity contribution in [2.45, 2.75) is 12.8 Å². The molecule has 0 aliphatic carbocycles. The third-order valence-electron chi connectivity index (χ3n) is 3.55. The lowest BCUT2D eigenvalue weighted by atomic mass is 10.2. The molecule has 20 heavy (non-hydrogen) atoms. The van der Waals surface area contributed by atoms with E-state index < -0.39 is 0 Å². The van der Waals surface area contributed by atoms with Crippen LogP contribution in [0.1, 0.15) is 12.8 Å². The average Bonchev–Trinajstić information content (AvgIpc) is 2.48. The number of piperazine rings is 1. The minimum atomic E-state index is -0.130. The molecule has 0 radical (unpaired) electrons. The third-order valence-corrected chi connectivity index (χ3v) is 3.55. The van der Waals surface area contributed by atoms with E-state index in [1.165, 1.54) is 7.11 Å². The number of ether oxygens (including phenoxy) is 1. The van der Waals surface area contributed by atoms with Gasteiger partial charge in [-0.25, -0.2) is 4.98 Å². The molecule has 6 nitrogen and oxygen atoms in total. The van der Waals surface area contributed by atoms with Gasteiger partial charge in [0.1, 0.15) is 5.82 Å². The fourth-order valence-corrected chi connectivity index (χ4v) is 2.33. The molecule has 1 aromatic heterocycles. The number of esters is 1. The number of nitrogens with two attached hydrogens (primary N) is 1. The van der Waals surface area contributed by atoms with Crippen molar-refractivity contribution in [1.82, 2.24) is 9.88 Å². The molecule has 0 unspecified atom stereocenters. The van der Waals surface area contributed by atoms with Gasteiger partial charge in [0.25, 0.3) is 0 Å². The summed E-state index contributed by atoms with van der Waals surface area (Å²) in [5.41, 5.74) is 6.33. The van der Waals surface area contributed by atoms with Crippen LogP contribution in [0.5, 0.6) is 0 Å². The molecule has 1 fully saturated rings. The Labute approximate surface area is 119 Å². The summed E-state index contributed by atoms with van der Waals surface area (Å²) in [7, 11) is 1.43. The molecule has 1 saturated heterocycles. The van der Waals surface area contributed by atoms with Crippen LogP contribution in [0.3, 0.4) is 0 Å². The number of carbonyl (C=O) groups excluding carboxylic acids is 1. The number of nitrogen functional groups attached to an aromatic ring is 1. The lowest BCUT2D eigenvalue weighted by molar-refractivity contribution is -0.140. The van der Waals surface area contributed by atoms with Gasteiger partial charge in [0.2, 0.25) is 0 Å². The van der Waals surface area contributed by atoms with Crippen LogP contribution in [-0.4, -0.2) is 55.7 Å². The van der Waals surface area contributed by atoms with E-state index in [9.17, 15) is 4.79 Å². The van der Waals surface area contributed by atoms with Gasteiger partial charge in [0.05, 0.1) is 19.0 Å². The first-order valence-corrected chi connectivity index (χ1v) is 6.94. The van der Waals surface area contributed by atoms with E-state index in [1.807, 2.05) is 12.1 Å². The average molecular weight is 278 g/mol. The molecule has 0 saturated carbocycles. The predicted octanol–water partition coefficient (Wildman–Crippen LogP) is 0.739. The van der Waals surface area contributed by atoms with Crippen molar-refractivity contribution in [1.29, 1.82) is 0 Å². The van der Waals surface area contributed by atoms with Crippen LogP contribution in [0.2, 0.25) is 0 Å².